The maximum atomic E-state index is 12.7. The van der Waals surface area contributed by atoms with Gasteiger partial charge < -0.3 is 10.1 Å². The lowest BCUT2D eigenvalue weighted by molar-refractivity contribution is -0.118. The van der Waals surface area contributed by atoms with E-state index in [4.69, 9.17) is 16.3 Å². The number of hydrogen-bond acceptors (Lipinski definition) is 6. The second-order valence-electron chi connectivity index (χ2n) is 7.71. The fraction of sp³-hybridized carbons (Fsp3) is 0.120. The van der Waals surface area contributed by atoms with E-state index in [1.807, 2.05) is 30.5 Å². The standard InChI is InChI=1S/C25H22ClN3O4S2/c1-16-12-22(35(31,32)29-20-8-6-19(26)7-9-20)10-11-24(16)33-14-25(30)28-21-5-3-4-18(13-21)23-15-34-17(2)27-23/h3-13,15,29H,14H2,1-2H3,(H,28,30). The molecule has 0 saturated carbocycles. The first kappa shape index (κ1) is 24.7. The van der Waals surface area contributed by atoms with Crippen LogP contribution in [0, 0.1) is 13.8 Å². The van der Waals surface area contributed by atoms with Crippen LogP contribution < -0.4 is 14.8 Å². The first-order valence-electron chi connectivity index (χ1n) is 10.5. The predicted octanol–water partition coefficient (Wildman–Crippen LogP) is 5.90. The van der Waals surface area contributed by atoms with E-state index in [9.17, 15) is 13.2 Å². The Balaban J connectivity index is 1.38. The van der Waals surface area contributed by atoms with Crippen LogP contribution in [0.4, 0.5) is 11.4 Å². The van der Waals surface area contributed by atoms with Gasteiger partial charge >= 0.3 is 0 Å². The Hall–Kier alpha value is -3.40. The lowest BCUT2D eigenvalue weighted by atomic mass is 10.1. The summed E-state index contributed by atoms with van der Waals surface area (Å²) in [5, 5.41) is 6.26. The number of amides is 1. The summed E-state index contributed by atoms with van der Waals surface area (Å²) in [5.41, 5.74) is 3.38. The van der Waals surface area contributed by atoms with Gasteiger partial charge in [-0.2, -0.15) is 0 Å². The maximum absolute atomic E-state index is 12.7. The lowest BCUT2D eigenvalue weighted by Crippen LogP contribution is -2.20. The van der Waals surface area contributed by atoms with E-state index in [0.29, 0.717) is 27.7 Å². The number of halogens is 1. The van der Waals surface area contributed by atoms with Crippen molar-refractivity contribution in [2.24, 2.45) is 0 Å². The first-order valence-corrected chi connectivity index (χ1v) is 13.3. The Morgan fingerprint density at radius 2 is 1.80 bits per heavy atom. The van der Waals surface area contributed by atoms with Crippen molar-refractivity contribution in [3.63, 3.8) is 0 Å². The van der Waals surface area contributed by atoms with Gasteiger partial charge in [0, 0.05) is 27.3 Å². The van der Waals surface area contributed by atoms with Gasteiger partial charge in [0.2, 0.25) is 0 Å². The molecular weight excluding hydrogens is 506 g/mol. The lowest BCUT2D eigenvalue weighted by Gasteiger charge is -2.13. The topological polar surface area (TPSA) is 97.4 Å². The first-order chi connectivity index (χ1) is 16.7. The molecule has 0 aliphatic heterocycles. The van der Waals surface area contributed by atoms with Crippen molar-refractivity contribution < 1.29 is 17.9 Å². The number of carbonyl (C=O) groups is 1. The molecular formula is C25H22ClN3O4S2. The molecule has 180 valence electrons. The number of aromatic nitrogens is 1. The number of hydrogen-bond donors (Lipinski definition) is 2. The van der Waals surface area contributed by atoms with E-state index in [1.54, 1.807) is 48.6 Å². The van der Waals surface area contributed by atoms with Crippen LogP contribution in [0.3, 0.4) is 0 Å². The van der Waals surface area contributed by atoms with Crippen LogP contribution in [-0.4, -0.2) is 25.9 Å². The monoisotopic (exact) mass is 527 g/mol. The molecule has 0 atom stereocenters. The molecule has 0 radical (unpaired) electrons. The summed E-state index contributed by atoms with van der Waals surface area (Å²) in [5.74, 6) is 0.0782. The van der Waals surface area contributed by atoms with E-state index in [2.05, 4.69) is 15.0 Å². The fourth-order valence-electron chi connectivity index (χ4n) is 3.28. The van der Waals surface area contributed by atoms with Gasteiger partial charge in [-0.25, -0.2) is 13.4 Å². The number of rotatable bonds is 8. The second kappa shape index (κ2) is 10.5. The van der Waals surface area contributed by atoms with E-state index in [1.165, 1.54) is 18.2 Å². The van der Waals surface area contributed by atoms with E-state index in [0.717, 1.165) is 16.3 Å². The van der Waals surface area contributed by atoms with Crippen LogP contribution in [0.1, 0.15) is 10.6 Å². The predicted molar refractivity (Wildman–Crippen MR) is 140 cm³/mol. The van der Waals surface area contributed by atoms with Crippen LogP contribution in [0.5, 0.6) is 5.75 Å². The van der Waals surface area contributed by atoms with Gasteiger partial charge in [-0.15, -0.1) is 11.3 Å². The Labute approximate surface area is 212 Å². The van der Waals surface area contributed by atoms with Crippen molar-refractivity contribution >= 4 is 50.2 Å². The third-order valence-corrected chi connectivity index (χ3v) is 7.38. The van der Waals surface area contributed by atoms with Gasteiger partial charge in [0.05, 0.1) is 15.6 Å². The highest BCUT2D eigenvalue weighted by Crippen LogP contribution is 2.26. The number of thiazole rings is 1. The summed E-state index contributed by atoms with van der Waals surface area (Å²) in [7, 11) is -3.80. The van der Waals surface area contributed by atoms with Gasteiger partial charge in [0.1, 0.15) is 5.75 Å². The highest BCUT2D eigenvalue weighted by atomic mass is 35.5. The zero-order valence-corrected chi connectivity index (χ0v) is 21.3. The minimum atomic E-state index is -3.80. The highest BCUT2D eigenvalue weighted by Gasteiger charge is 2.16. The second-order valence-corrected chi connectivity index (χ2v) is 10.9. The van der Waals surface area contributed by atoms with E-state index in [-0.39, 0.29) is 17.4 Å². The number of nitrogens with zero attached hydrogens (tertiary/aromatic N) is 1. The van der Waals surface area contributed by atoms with Crippen molar-refractivity contribution in [3.8, 4) is 17.0 Å². The van der Waals surface area contributed by atoms with Gasteiger partial charge in [-0.05, 0) is 74.0 Å². The molecule has 4 aromatic rings. The number of carbonyl (C=O) groups excluding carboxylic acids is 1. The van der Waals surface area contributed by atoms with Crippen LogP contribution in [0.2, 0.25) is 5.02 Å². The molecule has 1 amide bonds. The molecule has 7 nitrogen and oxygen atoms in total. The summed E-state index contributed by atoms with van der Waals surface area (Å²) >= 11 is 7.41. The number of sulfonamides is 1. The number of aryl methyl sites for hydroxylation is 2. The van der Waals surface area contributed by atoms with Gasteiger partial charge in [-0.3, -0.25) is 9.52 Å². The third kappa shape index (κ3) is 6.39. The van der Waals surface area contributed by atoms with Crippen molar-refractivity contribution in [2.75, 3.05) is 16.6 Å². The van der Waals surface area contributed by atoms with Crippen molar-refractivity contribution in [1.82, 2.24) is 4.98 Å². The molecule has 0 bridgehead atoms. The summed E-state index contributed by atoms with van der Waals surface area (Å²) in [6, 6.07) is 18.2. The molecule has 0 unspecified atom stereocenters. The molecule has 1 heterocycles. The Kier molecular flexibility index (Phi) is 7.39. The summed E-state index contributed by atoms with van der Waals surface area (Å²) < 4.78 is 33.5. The number of ether oxygens (including phenoxy) is 1. The number of nitrogens with one attached hydrogen (secondary N) is 2. The number of benzene rings is 3. The molecule has 0 saturated heterocycles. The molecule has 4 rings (SSSR count). The van der Waals surface area contributed by atoms with Crippen LogP contribution in [0.15, 0.2) is 77.0 Å². The van der Waals surface area contributed by atoms with Crippen molar-refractivity contribution in [1.29, 1.82) is 0 Å². The van der Waals surface area contributed by atoms with Crippen molar-refractivity contribution in [3.05, 3.63) is 87.7 Å². The zero-order valence-electron chi connectivity index (χ0n) is 18.9. The van der Waals surface area contributed by atoms with Gasteiger partial charge in [0.25, 0.3) is 15.9 Å². The van der Waals surface area contributed by atoms with Crippen molar-refractivity contribution in [2.45, 2.75) is 18.7 Å². The molecule has 0 aliphatic rings. The molecule has 0 spiro atoms. The molecule has 10 heteroatoms. The fourth-order valence-corrected chi connectivity index (χ4v) is 5.17. The molecule has 3 aromatic carbocycles. The Bertz CT molecular complexity index is 1470. The summed E-state index contributed by atoms with van der Waals surface area (Å²) in [6.07, 6.45) is 0. The third-order valence-electron chi connectivity index (χ3n) is 4.97. The van der Waals surface area contributed by atoms with Crippen LogP contribution >= 0.6 is 22.9 Å². The Morgan fingerprint density at radius 3 is 2.49 bits per heavy atom. The highest BCUT2D eigenvalue weighted by molar-refractivity contribution is 7.92. The molecule has 0 fully saturated rings. The maximum Gasteiger partial charge on any atom is 0.262 e. The van der Waals surface area contributed by atoms with Gasteiger partial charge in [-0.1, -0.05) is 23.7 Å². The summed E-state index contributed by atoms with van der Waals surface area (Å²) in [6.45, 7) is 3.43. The molecule has 0 aliphatic carbocycles. The molecule has 35 heavy (non-hydrogen) atoms. The van der Waals surface area contributed by atoms with Crippen LogP contribution in [0.25, 0.3) is 11.3 Å². The van der Waals surface area contributed by atoms with E-state index >= 15 is 0 Å². The minimum absolute atomic E-state index is 0.0795. The van der Waals surface area contributed by atoms with E-state index < -0.39 is 10.0 Å². The average Bonchev–Trinajstić information content (AvgIpc) is 3.26. The summed E-state index contributed by atoms with van der Waals surface area (Å²) in [4.78, 5) is 17.0. The minimum Gasteiger partial charge on any atom is -0.483 e. The average molecular weight is 528 g/mol. The SMILES string of the molecule is Cc1nc(-c2cccc(NC(=O)COc3ccc(S(=O)(=O)Nc4ccc(Cl)cc4)cc3C)c2)cs1. The van der Waals surface area contributed by atoms with Crippen LogP contribution in [-0.2, 0) is 14.8 Å². The molecule has 2 N–H and O–H groups in total. The number of anilines is 2. The Morgan fingerprint density at radius 1 is 1.03 bits per heavy atom. The smallest absolute Gasteiger partial charge is 0.262 e. The van der Waals surface area contributed by atoms with Gasteiger partial charge in [0.15, 0.2) is 6.61 Å². The largest absolute Gasteiger partial charge is 0.483 e. The molecule has 1 aromatic heterocycles. The zero-order chi connectivity index (χ0) is 25.0. The quantitative estimate of drug-likeness (QED) is 0.297. The normalized spacial score (nSPS) is 11.2.